The van der Waals surface area contributed by atoms with Gasteiger partial charge in [-0.2, -0.15) is 0 Å². The first kappa shape index (κ1) is 23.2. The number of imide groups is 1. The van der Waals surface area contributed by atoms with Crippen molar-refractivity contribution >= 4 is 39.1 Å². The highest BCUT2D eigenvalue weighted by molar-refractivity contribution is 7.92. The zero-order valence-corrected chi connectivity index (χ0v) is 19.3. The molecule has 1 heterocycles. The fourth-order valence-corrected chi connectivity index (χ4v) is 4.79. The van der Waals surface area contributed by atoms with Crippen molar-refractivity contribution in [3.05, 3.63) is 95.1 Å². The maximum Gasteiger partial charge on any atom is 0.261 e. The molecular weight excluding hydrogens is 454 g/mol. The van der Waals surface area contributed by atoms with E-state index in [-0.39, 0.29) is 30.0 Å². The molecule has 9 heteroatoms. The number of fused-ring (bicyclic) bond motifs is 1. The summed E-state index contributed by atoms with van der Waals surface area (Å²) in [7, 11) is -3.38. The molecule has 174 valence electrons. The van der Waals surface area contributed by atoms with Crippen LogP contribution in [0.25, 0.3) is 0 Å². The van der Waals surface area contributed by atoms with Crippen LogP contribution in [0.3, 0.4) is 0 Å². The van der Waals surface area contributed by atoms with Crippen LogP contribution in [0.15, 0.2) is 72.8 Å². The number of amides is 3. The van der Waals surface area contributed by atoms with Crippen LogP contribution in [0.5, 0.6) is 0 Å². The van der Waals surface area contributed by atoms with E-state index in [1.807, 2.05) is 0 Å². The number of sulfonamides is 1. The minimum absolute atomic E-state index is 0.0362. The molecule has 0 aliphatic carbocycles. The summed E-state index contributed by atoms with van der Waals surface area (Å²) in [6, 6.07) is 19.7. The SMILES string of the molecule is CCCS(=O)(=O)Nc1ccc(NC(=O)c2ccc(CN3C(=O)c4ccccc4C3=O)cc2)cc1. The molecule has 0 atom stereocenters. The summed E-state index contributed by atoms with van der Waals surface area (Å²) in [6.45, 7) is 1.90. The Bertz CT molecular complexity index is 1320. The van der Waals surface area contributed by atoms with Gasteiger partial charge in [-0.3, -0.25) is 24.0 Å². The molecular formula is C25H23N3O5S. The van der Waals surface area contributed by atoms with E-state index < -0.39 is 10.0 Å². The zero-order chi connectivity index (χ0) is 24.3. The van der Waals surface area contributed by atoms with Crippen LogP contribution in [0.4, 0.5) is 11.4 Å². The monoisotopic (exact) mass is 477 g/mol. The van der Waals surface area contributed by atoms with Crippen molar-refractivity contribution in [3.8, 4) is 0 Å². The van der Waals surface area contributed by atoms with Crippen LogP contribution in [-0.2, 0) is 16.6 Å². The fourth-order valence-electron chi connectivity index (χ4n) is 3.65. The number of nitrogens with zero attached hydrogens (tertiary/aromatic N) is 1. The van der Waals surface area contributed by atoms with Crippen LogP contribution in [0.1, 0.15) is 50.0 Å². The summed E-state index contributed by atoms with van der Waals surface area (Å²) < 4.78 is 26.2. The first-order chi connectivity index (χ1) is 16.3. The third-order valence-electron chi connectivity index (χ3n) is 5.32. The quantitative estimate of drug-likeness (QED) is 0.478. The number of hydrogen-bond acceptors (Lipinski definition) is 5. The highest BCUT2D eigenvalue weighted by atomic mass is 32.2. The van der Waals surface area contributed by atoms with E-state index >= 15 is 0 Å². The molecule has 0 radical (unpaired) electrons. The molecule has 0 fully saturated rings. The van der Waals surface area contributed by atoms with Crippen LogP contribution in [0.2, 0.25) is 0 Å². The van der Waals surface area contributed by atoms with Crippen LogP contribution in [0, 0.1) is 0 Å². The first-order valence-electron chi connectivity index (χ1n) is 10.7. The Morgan fingerprint density at radius 3 is 1.94 bits per heavy atom. The average Bonchev–Trinajstić information content (AvgIpc) is 3.05. The lowest BCUT2D eigenvalue weighted by molar-refractivity contribution is 0.0642. The Kier molecular flexibility index (Phi) is 6.47. The van der Waals surface area contributed by atoms with E-state index in [0.29, 0.717) is 34.5 Å². The lowest BCUT2D eigenvalue weighted by Gasteiger charge is -2.14. The molecule has 3 aromatic rings. The molecule has 0 unspecified atom stereocenters. The second-order valence-electron chi connectivity index (χ2n) is 7.89. The van der Waals surface area contributed by atoms with E-state index in [9.17, 15) is 22.8 Å². The van der Waals surface area contributed by atoms with Crippen LogP contribution >= 0.6 is 0 Å². The number of carbonyl (C=O) groups is 3. The minimum Gasteiger partial charge on any atom is -0.322 e. The number of carbonyl (C=O) groups excluding carboxylic acids is 3. The summed E-state index contributed by atoms with van der Waals surface area (Å²) in [5.41, 5.74) is 2.84. The van der Waals surface area contributed by atoms with Gasteiger partial charge in [-0.15, -0.1) is 0 Å². The third-order valence-corrected chi connectivity index (χ3v) is 6.82. The molecule has 0 saturated heterocycles. The Labute approximate surface area is 197 Å². The fraction of sp³-hybridized carbons (Fsp3) is 0.160. The van der Waals surface area contributed by atoms with Crippen LogP contribution in [-0.4, -0.2) is 36.8 Å². The number of nitrogens with one attached hydrogen (secondary N) is 2. The predicted molar refractivity (Wildman–Crippen MR) is 129 cm³/mol. The van der Waals surface area contributed by atoms with Gasteiger partial charge in [0.25, 0.3) is 17.7 Å². The Morgan fingerprint density at radius 1 is 0.824 bits per heavy atom. The van der Waals surface area contributed by atoms with Crippen molar-refractivity contribution in [1.82, 2.24) is 4.90 Å². The standard InChI is InChI=1S/C25H23N3O5S/c1-2-15-34(32,33)27-20-13-11-19(12-14-20)26-23(29)18-9-7-17(8-10-18)16-28-24(30)21-5-3-4-6-22(21)25(28)31/h3-14,27H,2,15-16H2,1H3,(H,26,29). The molecule has 1 aliphatic rings. The van der Waals surface area contributed by atoms with E-state index in [2.05, 4.69) is 10.0 Å². The highest BCUT2D eigenvalue weighted by Crippen LogP contribution is 2.24. The average molecular weight is 478 g/mol. The molecule has 0 bridgehead atoms. The predicted octanol–water partition coefficient (Wildman–Crippen LogP) is 3.89. The van der Waals surface area contributed by atoms with E-state index in [1.54, 1.807) is 79.7 Å². The maximum atomic E-state index is 12.6. The van der Waals surface area contributed by atoms with Crippen molar-refractivity contribution in [2.75, 3.05) is 15.8 Å². The van der Waals surface area contributed by atoms with Crippen molar-refractivity contribution in [3.63, 3.8) is 0 Å². The number of anilines is 2. The minimum atomic E-state index is -3.38. The van der Waals surface area contributed by atoms with Gasteiger partial charge in [0, 0.05) is 16.9 Å². The van der Waals surface area contributed by atoms with E-state index in [1.165, 1.54) is 4.90 Å². The molecule has 8 nitrogen and oxygen atoms in total. The normalized spacial score (nSPS) is 13.0. The molecule has 3 amide bonds. The number of benzene rings is 3. The number of hydrogen-bond donors (Lipinski definition) is 2. The molecule has 34 heavy (non-hydrogen) atoms. The van der Waals surface area contributed by atoms with Gasteiger partial charge in [0.2, 0.25) is 10.0 Å². The molecule has 0 spiro atoms. The Balaban J connectivity index is 1.37. The molecule has 0 aromatic heterocycles. The Hall–Kier alpha value is -3.98. The molecule has 3 aromatic carbocycles. The third kappa shape index (κ3) is 4.99. The van der Waals surface area contributed by atoms with E-state index in [4.69, 9.17) is 0 Å². The number of rotatable bonds is 8. The molecule has 2 N–H and O–H groups in total. The van der Waals surface area contributed by atoms with Gasteiger partial charge in [-0.1, -0.05) is 31.2 Å². The lowest BCUT2D eigenvalue weighted by atomic mass is 10.1. The smallest absolute Gasteiger partial charge is 0.261 e. The van der Waals surface area contributed by atoms with Gasteiger partial charge in [-0.05, 0) is 60.5 Å². The van der Waals surface area contributed by atoms with Gasteiger partial charge >= 0.3 is 0 Å². The summed E-state index contributed by atoms with van der Waals surface area (Å²) in [4.78, 5) is 38.8. The van der Waals surface area contributed by atoms with Gasteiger partial charge in [-0.25, -0.2) is 8.42 Å². The first-order valence-corrected chi connectivity index (χ1v) is 12.4. The van der Waals surface area contributed by atoms with E-state index in [0.717, 1.165) is 5.56 Å². The Morgan fingerprint density at radius 2 is 1.38 bits per heavy atom. The highest BCUT2D eigenvalue weighted by Gasteiger charge is 2.34. The van der Waals surface area contributed by atoms with Gasteiger partial charge in [0.05, 0.1) is 23.4 Å². The van der Waals surface area contributed by atoms with Crippen molar-refractivity contribution in [2.45, 2.75) is 19.9 Å². The summed E-state index contributed by atoms with van der Waals surface area (Å²) in [6.07, 6.45) is 0.514. The van der Waals surface area contributed by atoms with Gasteiger partial charge in [0.15, 0.2) is 0 Å². The van der Waals surface area contributed by atoms with Crippen molar-refractivity contribution in [1.29, 1.82) is 0 Å². The van der Waals surface area contributed by atoms with Crippen LogP contribution < -0.4 is 10.0 Å². The largest absolute Gasteiger partial charge is 0.322 e. The summed E-state index contributed by atoms with van der Waals surface area (Å²) in [5.74, 6) is -0.966. The second kappa shape index (κ2) is 9.48. The second-order valence-corrected chi connectivity index (χ2v) is 9.73. The van der Waals surface area contributed by atoms with Gasteiger partial charge in [0.1, 0.15) is 0 Å². The summed E-state index contributed by atoms with van der Waals surface area (Å²) >= 11 is 0. The van der Waals surface area contributed by atoms with Gasteiger partial charge < -0.3 is 5.32 Å². The zero-order valence-electron chi connectivity index (χ0n) is 18.4. The molecule has 1 aliphatic heterocycles. The van der Waals surface area contributed by atoms with Crippen molar-refractivity contribution < 1.29 is 22.8 Å². The maximum absolute atomic E-state index is 12.6. The molecule has 0 saturated carbocycles. The lowest BCUT2D eigenvalue weighted by Crippen LogP contribution is -2.29. The summed E-state index contributed by atoms with van der Waals surface area (Å²) in [5, 5.41) is 2.76. The molecule has 4 rings (SSSR count). The topological polar surface area (TPSA) is 113 Å². The van der Waals surface area contributed by atoms with Crippen molar-refractivity contribution in [2.24, 2.45) is 0 Å².